The summed E-state index contributed by atoms with van der Waals surface area (Å²) in [6.07, 6.45) is 2.77. The Bertz CT molecular complexity index is 401. The van der Waals surface area contributed by atoms with Gasteiger partial charge in [0.25, 0.3) is 0 Å². The molecule has 2 aliphatic rings. The summed E-state index contributed by atoms with van der Waals surface area (Å²) in [5.74, 6) is 0. The lowest BCUT2D eigenvalue weighted by Crippen LogP contribution is -2.52. The molecule has 1 aromatic carbocycles. The van der Waals surface area contributed by atoms with Crippen LogP contribution in [0, 0.1) is 0 Å². The third-order valence-corrected chi connectivity index (χ3v) is 4.13. The number of nitrogens with zero attached hydrogens (tertiary/aromatic N) is 1. The van der Waals surface area contributed by atoms with Crippen molar-refractivity contribution in [3.63, 3.8) is 0 Å². The van der Waals surface area contributed by atoms with Gasteiger partial charge in [0.15, 0.2) is 0 Å². The van der Waals surface area contributed by atoms with Gasteiger partial charge >= 0.3 is 0 Å². The zero-order valence-electron chi connectivity index (χ0n) is 11.1. The standard InChI is InChI=1S/C15H22N2O/c1-12(15-11-16-8-10-18-15)17-9-4-6-13-5-2-3-7-14(13)17/h2-3,5,7,12,15-16H,4,6,8-11H2,1H3. The number of fused-ring (bicyclic) bond motifs is 1. The van der Waals surface area contributed by atoms with Crippen molar-refractivity contribution in [1.29, 1.82) is 0 Å². The van der Waals surface area contributed by atoms with Crippen LogP contribution in [0.1, 0.15) is 18.9 Å². The third-order valence-electron chi connectivity index (χ3n) is 4.13. The van der Waals surface area contributed by atoms with E-state index in [1.54, 1.807) is 0 Å². The highest BCUT2D eigenvalue weighted by Gasteiger charge is 2.28. The maximum atomic E-state index is 5.90. The third kappa shape index (κ3) is 2.25. The zero-order chi connectivity index (χ0) is 12.4. The summed E-state index contributed by atoms with van der Waals surface area (Å²) in [6.45, 7) is 6.24. The minimum atomic E-state index is 0.310. The summed E-state index contributed by atoms with van der Waals surface area (Å²) in [5, 5.41) is 3.43. The van der Waals surface area contributed by atoms with Crippen LogP contribution in [-0.2, 0) is 11.2 Å². The molecule has 0 aromatic heterocycles. The van der Waals surface area contributed by atoms with E-state index in [9.17, 15) is 0 Å². The molecule has 0 saturated carbocycles. The van der Waals surface area contributed by atoms with Crippen molar-refractivity contribution in [2.75, 3.05) is 31.1 Å². The predicted octanol–water partition coefficient (Wildman–Crippen LogP) is 1.82. The highest BCUT2D eigenvalue weighted by atomic mass is 16.5. The molecule has 2 heterocycles. The maximum absolute atomic E-state index is 5.90. The van der Waals surface area contributed by atoms with Crippen molar-refractivity contribution in [3.8, 4) is 0 Å². The lowest BCUT2D eigenvalue weighted by Gasteiger charge is -2.41. The minimum absolute atomic E-state index is 0.310. The molecule has 0 radical (unpaired) electrons. The molecule has 2 unspecified atom stereocenters. The Hall–Kier alpha value is -1.06. The van der Waals surface area contributed by atoms with Crippen LogP contribution in [0.3, 0.4) is 0 Å². The Morgan fingerprint density at radius 2 is 2.28 bits per heavy atom. The summed E-state index contributed by atoms with van der Waals surface area (Å²) in [4.78, 5) is 2.52. The SMILES string of the molecule is CC(C1CNCCO1)N1CCCc2ccccc21. The van der Waals surface area contributed by atoms with Crippen molar-refractivity contribution in [2.45, 2.75) is 31.9 Å². The number of ether oxygens (including phenoxy) is 1. The van der Waals surface area contributed by atoms with Crippen LogP contribution >= 0.6 is 0 Å². The molecule has 1 fully saturated rings. The first-order valence-electron chi connectivity index (χ1n) is 7.03. The van der Waals surface area contributed by atoms with E-state index in [4.69, 9.17) is 4.74 Å². The van der Waals surface area contributed by atoms with E-state index in [1.165, 1.54) is 24.1 Å². The number of benzene rings is 1. The molecule has 0 spiro atoms. The fourth-order valence-electron chi connectivity index (χ4n) is 3.08. The normalized spacial score (nSPS) is 25.6. The zero-order valence-corrected chi connectivity index (χ0v) is 11.1. The molecule has 0 aliphatic carbocycles. The smallest absolute Gasteiger partial charge is 0.0900 e. The van der Waals surface area contributed by atoms with Crippen molar-refractivity contribution >= 4 is 5.69 Å². The van der Waals surface area contributed by atoms with Crippen molar-refractivity contribution in [1.82, 2.24) is 5.32 Å². The number of anilines is 1. The quantitative estimate of drug-likeness (QED) is 0.861. The van der Waals surface area contributed by atoms with Crippen LogP contribution in [0.25, 0.3) is 0 Å². The second-order valence-corrected chi connectivity index (χ2v) is 5.28. The summed E-state index contributed by atoms with van der Waals surface area (Å²) >= 11 is 0. The average Bonchev–Trinajstić information content (AvgIpc) is 2.47. The van der Waals surface area contributed by atoms with Crippen LogP contribution in [0.4, 0.5) is 5.69 Å². The first kappa shape index (κ1) is 12.0. The lowest BCUT2D eigenvalue weighted by molar-refractivity contribution is 0.0142. The van der Waals surface area contributed by atoms with Crippen LogP contribution in [-0.4, -0.2) is 38.4 Å². The average molecular weight is 246 g/mol. The van der Waals surface area contributed by atoms with E-state index in [0.717, 1.165) is 26.2 Å². The molecule has 98 valence electrons. The Labute approximate surface area is 109 Å². The van der Waals surface area contributed by atoms with Gasteiger partial charge < -0.3 is 15.0 Å². The second kappa shape index (κ2) is 5.29. The molecular formula is C15H22N2O. The van der Waals surface area contributed by atoms with Crippen molar-refractivity contribution in [3.05, 3.63) is 29.8 Å². The summed E-state index contributed by atoms with van der Waals surface area (Å²) in [6, 6.07) is 9.24. The van der Waals surface area contributed by atoms with Crippen LogP contribution in [0.15, 0.2) is 24.3 Å². The van der Waals surface area contributed by atoms with Gasteiger partial charge in [-0.2, -0.15) is 0 Å². The molecule has 2 atom stereocenters. The molecule has 1 N–H and O–H groups in total. The number of morpholine rings is 1. The van der Waals surface area contributed by atoms with Crippen LogP contribution in [0.5, 0.6) is 0 Å². The van der Waals surface area contributed by atoms with Gasteiger partial charge in [-0.25, -0.2) is 0 Å². The molecule has 0 amide bonds. The second-order valence-electron chi connectivity index (χ2n) is 5.28. The van der Waals surface area contributed by atoms with Gasteiger partial charge in [0.05, 0.1) is 18.8 Å². The first-order chi connectivity index (χ1) is 8.86. The van der Waals surface area contributed by atoms with E-state index in [-0.39, 0.29) is 0 Å². The largest absolute Gasteiger partial charge is 0.373 e. The summed E-state index contributed by atoms with van der Waals surface area (Å²) < 4.78 is 5.90. The molecule has 18 heavy (non-hydrogen) atoms. The van der Waals surface area contributed by atoms with Gasteiger partial charge in [0.1, 0.15) is 0 Å². The van der Waals surface area contributed by atoms with Gasteiger partial charge in [0.2, 0.25) is 0 Å². The number of nitrogens with one attached hydrogen (secondary N) is 1. The molecule has 0 bridgehead atoms. The number of hydrogen-bond donors (Lipinski definition) is 1. The molecule has 2 aliphatic heterocycles. The van der Waals surface area contributed by atoms with E-state index >= 15 is 0 Å². The molecule has 3 rings (SSSR count). The van der Waals surface area contributed by atoms with Gasteiger partial charge in [-0.05, 0) is 31.4 Å². The van der Waals surface area contributed by atoms with Crippen molar-refractivity contribution < 1.29 is 4.74 Å². The Balaban J connectivity index is 1.80. The summed E-state index contributed by atoms with van der Waals surface area (Å²) in [7, 11) is 0. The van der Waals surface area contributed by atoms with Gasteiger partial charge in [-0.3, -0.25) is 0 Å². The highest BCUT2D eigenvalue weighted by Crippen LogP contribution is 2.29. The molecule has 3 nitrogen and oxygen atoms in total. The van der Waals surface area contributed by atoms with E-state index in [1.807, 2.05) is 0 Å². The first-order valence-corrected chi connectivity index (χ1v) is 7.03. The number of para-hydroxylation sites is 1. The van der Waals surface area contributed by atoms with Gasteiger partial charge in [0, 0.05) is 25.3 Å². The van der Waals surface area contributed by atoms with E-state index in [2.05, 4.69) is 41.4 Å². The number of rotatable bonds is 2. The molecular weight excluding hydrogens is 224 g/mol. The van der Waals surface area contributed by atoms with Crippen molar-refractivity contribution in [2.24, 2.45) is 0 Å². The Kier molecular flexibility index (Phi) is 3.52. The Morgan fingerprint density at radius 3 is 3.11 bits per heavy atom. The van der Waals surface area contributed by atoms with Crippen LogP contribution < -0.4 is 10.2 Å². The molecule has 1 aromatic rings. The predicted molar refractivity (Wildman–Crippen MR) is 74.2 cm³/mol. The Morgan fingerprint density at radius 1 is 1.39 bits per heavy atom. The van der Waals surface area contributed by atoms with E-state index in [0.29, 0.717) is 12.1 Å². The van der Waals surface area contributed by atoms with Gasteiger partial charge in [-0.1, -0.05) is 18.2 Å². The molecule has 1 saturated heterocycles. The van der Waals surface area contributed by atoms with Crippen LogP contribution in [0.2, 0.25) is 0 Å². The number of aryl methyl sites for hydroxylation is 1. The van der Waals surface area contributed by atoms with Gasteiger partial charge in [-0.15, -0.1) is 0 Å². The maximum Gasteiger partial charge on any atom is 0.0900 e. The molecule has 3 heteroatoms. The topological polar surface area (TPSA) is 24.5 Å². The lowest BCUT2D eigenvalue weighted by atomic mass is 9.98. The summed E-state index contributed by atoms with van der Waals surface area (Å²) in [5.41, 5.74) is 2.89. The minimum Gasteiger partial charge on any atom is -0.373 e. The monoisotopic (exact) mass is 246 g/mol. The highest BCUT2D eigenvalue weighted by molar-refractivity contribution is 5.56. The fourth-order valence-corrected chi connectivity index (χ4v) is 3.08. The number of hydrogen-bond acceptors (Lipinski definition) is 3. The fraction of sp³-hybridized carbons (Fsp3) is 0.600. The van der Waals surface area contributed by atoms with E-state index < -0.39 is 0 Å².